The lowest BCUT2D eigenvalue weighted by Crippen LogP contribution is -2.49. The zero-order valence-electron chi connectivity index (χ0n) is 9.95. The molecule has 1 fully saturated rings. The second-order valence-corrected chi connectivity index (χ2v) is 5.07. The third kappa shape index (κ3) is 2.40. The maximum absolute atomic E-state index is 2.39. The van der Waals surface area contributed by atoms with E-state index < -0.39 is 0 Å². The maximum Gasteiger partial charge on any atom is 0.0790 e. The third-order valence-electron chi connectivity index (χ3n) is 4.07. The highest BCUT2D eigenvalue weighted by atomic mass is 15.3. The number of likely N-dealkylation sites (tertiary alicyclic amines) is 1. The molecule has 0 bridgehead atoms. The van der Waals surface area contributed by atoms with E-state index >= 15 is 0 Å². The fourth-order valence-electron chi connectivity index (χ4n) is 2.57. The van der Waals surface area contributed by atoms with Gasteiger partial charge in [0.15, 0.2) is 0 Å². The highest BCUT2D eigenvalue weighted by molar-refractivity contribution is 5.19. The Labute approximate surface area is 93.3 Å². The summed E-state index contributed by atoms with van der Waals surface area (Å²) in [6.45, 7) is 6.27. The van der Waals surface area contributed by atoms with Gasteiger partial charge >= 0.3 is 0 Å². The van der Waals surface area contributed by atoms with Crippen molar-refractivity contribution in [2.75, 3.05) is 26.7 Å². The zero-order valence-corrected chi connectivity index (χ0v) is 9.95. The number of hydrogen-bond acceptors (Lipinski definition) is 0. The van der Waals surface area contributed by atoms with Crippen LogP contribution in [-0.2, 0) is 0 Å². The second-order valence-electron chi connectivity index (χ2n) is 5.07. The maximum atomic E-state index is 2.39. The van der Waals surface area contributed by atoms with Gasteiger partial charge in [-0.25, -0.2) is 0 Å². The largest absolute Gasteiger partial charge is 0.326 e. The van der Waals surface area contributed by atoms with Crippen LogP contribution in [0.4, 0.5) is 0 Å². The lowest BCUT2D eigenvalue weighted by Gasteiger charge is -2.40. The molecule has 0 N–H and O–H groups in total. The summed E-state index contributed by atoms with van der Waals surface area (Å²) < 4.78 is 1.27. The molecule has 0 spiro atoms. The lowest BCUT2D eigenvalue weighted by molar-refractivity contribution is -0.912. The zero-order chi connectivity index (χ0) is 10.7. The lowest BCUT2D eigenvalue weighted by atomic mass is 9.88. The second kappa shape index (κ2) is 4.36. The van der Waals surface area contributed by atoms with Crippen LogP contribution >= 0.6 is 0 Å². The Balaban J connectivity index is 2.00. The molecule has 1 aliphatic heterocycles. The van der Waals surface area contributed by atoms with Crippen LogP contribution in [0, 0.1) is 0 Å². The standard InChI is InChI=1S/C14H22N/c1-3-15(2)11-9-14(10-12-15)13-7-5-4-6-8-13/h4-8,14H,3,9-12H2,1-2H3/q+1. The first-order chi connectivity index (χ1) is 7.23. The van der Waals surface area contributed by atoms with Crippen molar-refractivity contribution >= 4 is 0 Å². The predicted octanol–water partition coefficient (Wildman–Crippen LogP) is 3.03. The minimum atomic E-state index is 0.809. The third-order valence-corrected chi connectivity index (χ3v) is 4.07. The van der Waals surface area contributed by atoms with Gasteiger partial charge in [-0.2, -0.15) is 0 Å². The first-order valence-corrected chi connectivity index (χ1v) is 6.12. The Hall–Kier alpha value is -0.820. The van der Waals surface area contributed by atoms with Gasteiger partial charge in [0.1, 0.15) is 0 Å². The first-order valence-electron chi connectivity index (χ1n) is 6.12. The Morgan fingerprint density at radius 2 is 1.73 bits per heavy atom. The molecule has 15 heavy (non-hydrogen) atoms. The summed E-state index contributed by atoms with van der Waals surface area (Å²) in [6, 6.07) is 11.0. The van der Waals surface area contributed by atoms with Gasteiger partial charge in [0.25, 0.3) is 0 Å². The number of benzene rings is 1. The van der Waals surface area contributed by atoms with Crippen LogP contribution in [0.1, 0.15) is 31.2 Å². The van der Waals surface area contributed by atoms with Crippen LogP contribution in [0.5, 0.6) is 0 Å². The van der Waals surface area contributed by atoms with Gasteiger partial charge in [-0.3, -0.25) is 0 Å². The van der Waals surface area contributed by atoms with E-state index in [0.717, 1.165) is 5.92 Å². The van der Waals surface area contributed by atoms with Crippen LogP contribution in [0.25, 0.3) is 0 Å². The van der Waals surface area contributed by atoms with Gasteiger partial charge < -0.3 is 4.48 Å². The van der Waals surface area contributed by atoms with Crippen LogP contribution in [0.15, 0.2) is 30.3 Å². The van der Waals surface area contributed by atoms with E-state index in [1.165, 1.54) is 37.0 Å². The fraction of sp³-hybridized carbons (Fsp3) is 0.571. The molecule has 0 unspecified atom stereocenters. The molecule has 0 aliphatic carbocycles. The van der Waals surface area contributed by atoms with Crippen molar-refractivity contribution in [2.45, 2.75) is 25.7 Å². The summed E-state index contributed by atoms with van der Waals surface area (Å²) in [4.78, 5) is 0. The van der Waals surface area contributed by atoms with E-state index in [9.17, 15) is 0 Å². The fourth-order valence-corrected chi connectivity index (χ4v) is 2.57. The summed E-state index contributed by atoms with van der Waals surface area (Å²) in [5, 5.41) is 0. The van der Waals surface area contributed by atoms with Crippen molar-refractivity contribution in [3.05, 3.63) is 35.9 Å². The van der Waals surface area contributed by atoms with Crippen molar-refractivity contribution in [1.29, 1.82) is 0 Å². The molecule has 0 radical (unpaired) electrons. The number of quaternary nitrogens is 1. The molecule has 1 heterocycles. The monoisotopic (exact) mass is 204 g/mol. The van der Waals surface area contributed by atoms with Crippen molar-refractivity contribution in [2.24, 2.45) is 0 Å². The average molecular weight is 204 g/mol. The topological polar surface area (TPSA) is 0 Å². The molecule has 2 rings (SSSR count). The molecule has 82 valence electrons. The number of rotatable bonds is 2. The van der Waals surface area contributed by atoms with Crippen LogP contribution < -0.4 is 0 Å². The van der Waals surface area contributed by atoms with Gasteiger partial charge in [0.05, 0.1) is 26.7 Å². The Bertz CT molecular complexity index is 296. The number of nitrogens with zero attached hydrogens (tertiary/aromatic N) is 1. The summed E-state index contributed by atoms with van der Waals surface area (Å²) in [5.41, 5.74) is 1.54. The van der Waals surface area contributed by atoms with Gasteiger partial charge in [-0.05, 0) is 18.4 Å². The number of piperidine rings is 1. The molecular weight excluding hydrogens is 182 g/mol. The molecule has 1 heteroatoms. The quantitative estimate of drug-likeness (QED) is 0.650. The Morgan fingerprint density at radius 3 is 2.27 bits per heavy atom. The average Bonchev–Trinajstić information content (AvgIpc) is 2.31. The van der Waals surface area contributed by atoms with E-state index in [4.69, 9.17) is 0 Å². The minimum Gasteiger partial charge on any atom is -0.326 e. The number of hydrogen-bond donors (Lipinski definition) is 0. The van der Waals surface area contributed by atoms with Crippen molar-refractivity contribution in [3.8, 4) is 0 Å². The van der Waals surface area contributed by atoms with Crippen molar-refractivity contribution < 1.29 is 4.48 Å². The summed E-state index contributed by atoms with van der Waals surface area (Å²) in [6.07, 6.45) is 2.71. The SMILES string of the molecule is CC[N+]1(C)CCC(c2ccccc2)CC1. The van der Waals surface area contributed by atoms with Gasteiger partial charge in [-0.15, -0.1) is 0 Å². The van der Waals surface area contributed by atoms with Crippen molar-refractivity contribution in [3.63, 3.8) is 0 Å². The van der Waals surface area contributed by atoms with E-state index in [0.29, 0.717) is 0 Å². The molecule has 1 nitrogen and oxygen atoms in total. The molecule has 1 saturated heterocycles. The Kier molecular flexibility index (Phi) is 3.11. The van der Waals surface area contributed by atoms with E-state index in [2.05, 4.69) is 44.3 Å². The normalized spacial score (nSPS) is 31.5. The summed E-state index contributed by atoms with van der Waals surface area (Å²) >= 11 is 0. The van der Waals surface area contributed by atoms with Crippen molar-refractivity contribution in [1.82, 2.24) is 0 Å². The highest BCUT2D eigenvalue weighted by Crippen LogP contribution is 2.30. The smallest absolute Gasteiger partial charge is 0.0790 e. The van der Waals surface area contributed by atoms with E-state index in [1.807, 2.05) is 0 Å². The van der Waals surface area contributed by atoms with Gasteiger partial charge in [0.2, 0.25) is 0 Å². The van der Waals surface area contributed by atoms with Crippen LogP contribution in [0.2, 0.25) is 0 Å². The molecule has 0 atom stereocenters. The molecule has 0 saturated carbocycles. The first kappa shape index (κ1) is 10.7. The van der Waals surface area contributed by atoms with Crippen LogP contribution in [-0.4, -0.2) is 31.2 Å². The molecular formula is C14H22N+. The minimum absolute atomic E-state index is 0.809. The van der Waals surface area contributed by atoms with E-state index in [1.54, 1.807) is 5.56 Å². The van der Waals surface area contributed by atoms with Gasteiger partial charge in [-0.1, -0.05) is 30.3 Å². The Morgan fingerprint density at radius 1 is 1.13 bits per heavy atom. The molecule has 1 aromatic rings. The van der Waals surface area contributed by atoms with E-state index in [-0.39, 0.29) is 0 Å². The highest BCUT2D eigenvalue weighted by Gasteiger charge is 2.28. The van der Waals surface area contributed by atoms with Gasteiger partial charge in [0, 0.05) is 12.8 Å². The predicted molar refractivity (Wildman–Crippen MR) is 64.9 cm³/mol. The summed E-state index contributed by atoms with van der Waals surface area (Å²) in [5.74, 6) is 0.809. The molecule has 0 aromatic heterocycles. The molecule has 1 aliphatic rings. The summed E-state index contributed by atoms with van der Waals surface area (Å²) in [7, 11) is 2.39. The molecule has 1 aromatic carbocycles. The molecule has 0 amide bonds. The van der Waals surface area contributed by atoms with Crippen LogP contribution in [0.3, 0.4) is 0 Å².